The highest BCUT2D eigenvalue weighted by Gasteiger charge is 2.33. The second-order valence-electron chi connectivity index (χ2n) is 15.5. The Kier molecular flexibility index (Phi) is 9.28. The predicted octanol–water partition coefficient (Wildman–Crippen LogP) is 12.9. The number of aromatic nitrogens is 4. The first-order chi connectivity index (χ1) is 25.7. The lowest BCUT2D eigenvalue weighted by Gasteiger charge is -2.32. The van der Waals surface area contributed by atoms with Gasteiger partial charge in [0.1, 0.15) is 17.3 Å². The van der Waals surface area contributed by atoms with Crippen LogP contribution in [0.2, 0.25) is 0 Å². The number of nitrogens with zero attached hydrogens (tertiary/aromatic N) is 4. The van der Waals surface area contributed by atoms with Crippen LogP contribution in [0.4, 0.5) is 0 Å². The lowest BCUT2D eigenvalue weighted by molar-refractivity contribution is 0.391. The van der Waals surface area contributed by atoms with Gasteiger partial charge in [-0.2, -0.15) is 5.10 Å². The highest BCUT2D eigenvalue weighted by atomic mass is 16.5. The van der Waals surface area contributed by atoms with Crippen LogP contribution in [0, 0.1) is 18.8 Å². The van der Waals surface area contributed by atoms with Gasteiger partial charge >= 0.3 is 0 Å². The fourth-order valence-electron chi connectivity index (χ4n) is 8.82. The summed E-state index contributed by atoms with van der Waals surface area (Å²) in [6.07, 6.45) is 7.68. The zero-order valence-corrected chi connectivity index (χ0v) is 32.1. The van der Waals surface area contributed by atoms with E-state index in [1.807, 2.05) is 6.20 Å². The van der Waals surface area contributed by atoms with Gasteiger partial charge in [-0.25, -0.2) is 9.67 Å². The van der Waals surface area contributed by atoms with Crippen molar-refractivity contribution in [2.75, 3.05) is 0 Å². The Bertz CT molecular complexity index is 2470. The van der Waals surface area contributed by atoms with Crippen molar-refractivity contribution >= 4 is 21.8 Å². The van der Waals surface area contributed by atoms with E-state index < -0.39 is 0 Å². The maximum Gasteiger partial charge on any atom is 0.137 e. The summed E-state index contributed by atoms with van der Waals surface area (Å²) in [4.78, 5) is 4.85. The smallest absolute Gasteiger partial charge is 0.137 e. The minimum absolute atomic E-state index is 0.296. The molecule has 53 heavy (non-hydrogen) atoms. The zero-order chi connectivity index (χ0) is 36.8. The molecule has 7 aromatic rings. The van der Waals surface area contributed by atoms with Crippen LogP contribution in [0.25, 0.3) is 44.6 Å². The third-order valence-corrected chi connectivity index (χ3v) is 11.1. The molecule has 5 heteroatoms. The maximum atomic E-state index is 6.85. The second-order valence-corrected chi connectivity index (χ2v) is 15.5. The molecule has 268 valence electrons. The van der Waals surface area contributed by atoms with Crippen LogP contribution < -0.4 is 4.74 Å². The number of rotatable bonds is 9. The van der Waals surface area contributed by atoms with Crippen LogP contribution in [0.5, 0.6) is 11.5 Å². The first-order valence-electron chi connectivity index (χ1n) is 19.3. The van der Waals surface area contributed by atoms with E-state index in [1.54, 1.807) is 0 Å². The lowest BCUT2D eigenvalue weighted by atomic mass is 9.72. The minimum Gasteiger partial charge on any atom is -0.457 e. The van der Waals surface area contributed by atoms with Crippen LogP contribution in [0.3, 0.4) is 0 Å². The van der Waals surface area contributed by atoms with Crippen molar-refractivity contribution in [1.29, 1.82) is 0 Å². The van der Waals surface area contributed by atoms with Crippen molar-refractivity contribution in [3.05, 3.63) is 143 Å². The zero-order valence-electron chi connectivity index (χ0n) is 32.1. The number of benzene rings is 4. The highest BCUT2D eigenvalue weighted by Crippen LogP contribution is 2.46. The molecule has 0 aliphatic heterocycles. The number of fused-ring (bicyclic) bond motifs is 3. The fraction of sp³-hybridized carbons (Fsp3) is 0.292. The van der Waals surface area contributed by atoms with Gasteiger partial charge in [-0.15, -0.1) is 0 Å². The van der Waals surface area contributed by atoms with Crippen molar-refractivity contribution in [3.8, 4) is 34.3 Å². The van der Waals surface area contributed by atoms with Gasteiger partial charge in [0.05, 0.1) is 28.1 Å². The average Bonchev–Trinajstić information content (AvgIpc) is 3.66. The summed E-state index contributed by atoms with van der Waals surface area (Å²) >= 11 is 0. The number of allylic oxidation sites excluding steroid dienone is 2. The molecule has 1 unspecified atom stereocenters. The lowest BCUT2D eigenvalue weighted by Crippen LogP contribution is -2.20. The molecule has 3 aromatic heterocycles. The molecule has 0 spiro atoms. The number of aryl methyl sites for hydroxylation is 2. The number of ether oxygens (including phenoxy) is 1. The van der Waals surface area contributed by atoms with E-state index in [0.29, 0.717) is 23.7 Å². The molecule has 0 amide bonds. The molecule has 5 nitrogen and oxygen atoms in total. The summed E-state index contributed by atoms with van der Waals surface area (Å²) in [5, 5.41) is 7.70. The normalized spacial score (nSPS) is 17.5. The largest absolute Gasteiger partial charge is 0.457 e. The minimum atomic E-state index is 0.296. The molecule has 3 heterocycles. The second kappa shape index (κ2) is 14.2. The Hall–Kier alpha value is -5.42. The highest BCUT2D eigenvalue weighted by molar-refractivity contribution is 6.09. The standard InChI is InChI=1S/C48H50N4O/c1-8-14-35-21-22-49-45(25-35)51-43-18-13-12-17-41(43)42-20-19-39(29-44(42)51)53-40-27-37(30(2)3)26-38(28-40)52-48(36-15-10-9-11-16-36)47(34(7)50-52)46-32(5)23-31(4)24-33(46)6/h9-13,15-23,25-31,33,46H,8,14,24H2,1-7H3/t31-,33-,46?/m0/s1. The molecule has 3 atom stereocenters. The van der Waals surface area contributed by atoms with Crippen molar-refractivity contribution < 1.29 is 4.74 Å². The molecule has 1 aliphatic carbocycles. The van der Waals surface area contributed by atoms with Gasteiger partial charge in [-0.1, -0.05) is 101 Å². The first kappa shape index (κ1) is 34.7. The van der Waals surface area contributed by atoms with Crippen LogP contribution in [0.1, 0.15) is 88.6 Å². The van der Waals surface area contributed by atoms with E-state index in [9.17, 15) is 0 Å². The summed E-state index contributed by atoms with van der Waals surface area (Å²) < 4.78 is 11.3. The van der Waals surface area contributed by atoms with Gasteiger partial charge in [0.25, 0.3) is 0 Å². The summed E-state index contributed by atoms with van der Waals surface area (Å²) in [6, 6.07) is 36.8. The maximum absolute atomic E-state index is 6.85. The predicted molar refractivity (Wildman–Crippen MR) is 220 cm³/mol. The molecule has 0 bridgehead atoms. The van der Waals surface area contributed by atoms with Gasteiger partial charge in [0, 0.05) is 46.1 Å². The molecular formula is C48H50N4O. The average molecular weight is 699 g/mol. The fourth-order valence-corrected chi connectivity index (χ4v) is 8.82. The van der Waals surface area contributed by atoms with E-state index in [4.69, 9.17) is 14.8 Å². The van der Waals surface area contributed by atoms with Crippen molar-refractivity contribution in [2.45, 2.75) is 79.6 Å². The molecule has 0 fully saturated rings. The Morgan fingerprint density at radius 1 is 0.811 bits per heavy atom. The van der Waals surface area contributed by atoms with Crippen molar-refractivity contribution in [1.82, 2.24) is 19.3 Å². The van der Waals surface area contributed by atoms with E-state index in [1.165, 1.54) is 45.0 Å². The number of hydrogen-bond acceptors (Lipinski definition) is 3. The molecule has 0 N–H and O–H groups in total. The van der Waals surface area contributed by atoms with Crippen molar-refractivity contribution in [3.63, 3.8) is 0 Å². The molecule has 0 saturated carbocycles. The first-order valence-corrected chi connectivity index (χ1v) is 19.3. The van der Waals surface area contributed by atoms with E-state index >= 15 is 0 Å². The van der Waals surface area contributed by atoms with Crippen LogP contribution in [-0.4, -0.2) is 19.3 Å². The third-order valence-electron chi connectivity index (χ3n) is 11.1. The van der Waals surface area contributed by atoms with E-state index in [0.717, 1.165) is 58.3 Å². The monoisotopic (exact) mass is 698 g/mol. The number of pyridine rings is 1. The Morgan fingerprint density at radius 2 is 1.58 bits per heavy atom. The quantitative estimate of drug-likeness (QED) is 0.141. The van der Waals surface area contributed by atoms with Gasteiger partial charge < -0.3 is 4.74 Å². The molecule has 4 aromatic carbocycles. The Labute approximate surface area is 314 Å². The molecule has 1 aliphatic rings. The van der Waals surface area contributed by atoms with Gasteiger partial charge in [0.2, 0.25) is 0 Å². The van der Waals surface area contributed by atoms with E-state index in [-0.39, 0.29) is 0 Å². The van der Waals surface area contributed by atoms with Crippen LogP contribution in [0.15, 0.2) is 121 Å². The van der Waals surface area contributed by atoms with Crippen LogP contribution >= 0.6 is 0 Å². The molecule has 0 radical (unpaired) electrons. The Balaban J connectivity index is 1.26. The van der Waals surface area contributed by atoms with Crippen molar-refractivity contribution in [2.24, 2.45) is 11.8 Å². The Morgan fingerprint density at radius 3 is 2.36 bits per heavy atom. The van der Waals surface area contributed by atoms with Gasteiger partial charge in [0.15, 0.2) is 0 Å². The molecular weight excluding hydrogens is 649 g/mol. The summed E-state index contributed by atoms with van der Waals surface area (Å²) in [7, 11) is 0. The number of para-hydroxylation sites is 1. The summed E-state index contributed by atoms with van der Waals surface area (Å²) in [6.45, 7) is 15.9. The third kappa shape index (κ3) is 6.47. The van der Waals surface area contributed by atoms with E-state index in [2.05, 4.69) is 167 Å². The molecule has 8 rings (SSSR count). The summed E-state index contributed by atoms with van der Waals surface area (Å²) in [5.74, 6) is 4.21. The topological polar surface area (TPSA) is 44.9 Å². The molecule has 0 saturated heterocycles. The SMILES string of the molecule is CCCc1ccnc(-n2c3ccccc3c3ccc(Oc4cc(C(C)C)cc(-n5nc(C)c(C6C(C)=C[C@H](C)C[C@@H]6C)c5-c5ccccc5)c4)cc32)c1. The van der Waals surface area contributed by atoms with Crippen LogP contribution in [-0.2, 0) is 6.42 Å². The van der Waals surface area contributed by atoms with Gasteiger partial charge in [-0.05, 0) is 98.0 Å². The number of hydrogen-bond donors (Lipinski definition) is 0. The van der Waals surface area contributed by atoms with Gasteiger partial charge in [-0.3, -0.25) is 4.57 Å². The summed E-state index contributed by atoms with van der Waals surface area (Å²) in [5.41, 5.74) is 11.9.